The molecule has 0 bridgehead atoms. The van der Waals surface area contributed by atoms with Crippen LogP contribution in [0.25, 0.3) is 10.2 Å². The first-order valence-corrected chi connectivity index (χ1v) is 9.01. The van der Waals surface area contributed by atoms with Crippen molar-refractivity contribution < 1.29 is 14.7 Å². The molecule has 0 aliphatic rings. The van der Waals surface area contributed by atoms with E-state index in [9.17, 15) is 14.4 Å². The van der Waals surface area contributed by atoms with E-state index >= 15 is 0 Å². The average molecular weight is 365 g/mol. The zero-order chi connectivity index (χ0) is 18.7. The first-order chi connectivity index (χ1) is 11.7. The molecule has 2 aromatic heterocycles. The molecule has 0 spiro atoms. The fraction of sp³-hybridized carbons (Fsp3) is 0.529. The maximum atomic E-state index is 12.2. The molecule has 25 heavy (non-hydrogen) atoms. The van der Waals surface area contributed by atoms with Gasteiger partial charge in [-0.2, -0.15) is 0 Å². The van der Waals surface area contributed by atoms with Crippen molar-refractivity contribution in [2.24, 2.45) is 5.92 Å². The van der Waals surface area contributed by atoms with Gasteiger partial charge in [0.05, 0.1) is 5.39 Å². The Bertz CT molecular complexity index is 853. The third-order valence-corrected chi connectivity index (χ3v) is 5.12. The summed E-state index contributed by atoms with van der Waals surface area (Å²) in [6.07, 6.45) is 0.691. The minimum Gasteiger partial charge on any atom is -0.480 e. The number of carbonyl (C=O) groups is 2. The maximum absolute atomic E-state index is 12.2. The average Bonchev–Trinajstić information content (AvgIpc) is 2.79. The Balaban J connectivity index is 2.05. The van der Waals surface area contributed by atoms with Gasteiger partial charge in [0.2, 0.25) is 5.91 Å². The lowest BCUT2D eigenvalue weighted by Crippen LogP contribution is -2.41. The number of rotatable bonds is 7. The first kappa shape index (κ1) is 19.1. The Morgan fingerprint density at radius 1 is 1.32 bits per heavy atom. The molecule has 0 aliphatic carbocycles. The van der Waals surface area contributed by atoms with Crippen LogP contribution in [0.5, 0.6) is 0 Å². The van der Waals surface area contributed by atoms with Crippen molar-refractivity contribution in [1.82, 2.24) is 15.3 Å². The second-order valence-electron chi connectivity index (χ2n) is 6.56. The number of aromatic amines is 1. The summed E-state index contributed by atoms with van der Waals surface area (Å²) in [4.78, 5) is 44.3. The summed E-state index contributed by atoms with van der Waals surface area (Å²) < 4.78 is 0. The van der Waals surface area contributed by atoms with E-state index in [1.807, 2.05) is 27.7 Å². The molecule has 0 unspecified atom stereocenters. The number of hydrogen-bond donors (Lipinski definition) is 3. The standard InChI is InChI=1S/C17H23N3O4S/c1-8(2)7-11(17(23)24)18-13(21)6-5-12-19-15(22)14-9(3)10(4)25-16(14)20-12/h8,11H,5-7H2,1-4H3,(H,18,21)(H,23,24)(H,19,20,22)/t11-/m1/s1. The molecule has 0 saturated carbocycles. The highest BCUT2D eigenvalue weighted by Crippen LogP contribution is 2.25. The van der Waals surface area contributed by atoms with Gasteiger partial charge in [-0.25, -0.2) is 9.78 Å². The van der Waals surface area contributed by atoms with Gasteiger partial charge in [-0.05, 0) is 31.7 Å². The number of fused-ring (bicyclic) bond motifs is 1. The molecule has 2 rings (SSSR count). The van der Waals surface area contributed by atoms with E-state index in [2.05, 4.69) is 15.3 Å². The van der Waals surface area contributed by atoms with Gasteiger partial charge in [0.15, 0.2) is 0 Å². The summed E-state index contributed by atoms with van der Waals surface area (Å²) in [7, 11) is 0. The molecule has 1 amide bonds. The molecule has 8 heteroatoms. The van der Waals surface area contributed by atoms with Crippen LogP contribution in [-0.4, -0.2) is 33.0 Å². The molecule has 0 fully saturated rings. The highest BCUT2D eigenvalue weighted by atomic mass is 32.1. The van der Waals surface area contributed by atoms with Gasteiger partial charge >= 0.3 is 5.97 Å². The Labute approximate surface area is 149 Å². The number of carboxylic acid groups (broad SMARTS) is 1. The second kappa shape index (κ2) is 7.77. The Morgan fingerprint density at radius 2 is 2.00 bits per heavy atom. The number of aromatic nitrogens is 2. The fourth-order valence-electron chi connectivity index (χ4n) is 2.61. The molecule has 0 saturated heterocycles. The van der Waals surface area contributed by atoms with E-state index in [-0.39, 0.29) is 30.2 Å². The smallest absolute Gasteiger partial charge is 0.326 e. The highest BCUT2D eigenvalue weighted by Gasteiger charge is 2.21. The zero-order valence-electron chi connectivity index (χ0n) is 14.8. The lowest BCUT2D eigenvalue weighted by atomic mass is 10.0. The van der Waals surface area contributed by atoms with Crippen LogP contribution in [0.2, 0.25) is 0 Å². The first-order valence-electron chi connectivity index (χ1n) is 8.20. The third kappa shape index (κ3) is 4.66. The minimum atomic E-state index is -1.04. The Kier molecular flexibility index (Phi) is 5.94. The van der Waals surface area contributed by atoms with Gasteiger partial charge < -0.3 is 15.4 Å². The van der Waals surface area contributed by atoms with Crippen molar-refractivity contribution in [2.75, 3.05) is 0 Å². The molecule has 1 atom stereocenters. The lowest BCUT2D eigenvalue weighted by Gasteiger charge is -2.16. The van der Waals surface area contributed by atoms with Gasteiger partial charge in [0, 0.05) is 17.7 Å². The zero-order valence-corrected chi connectivity index (χ0v) is 15.6. The normalized spacial score (nSPS) is 12.5. The van der Waals surface area contributed by atoms with Crippen molar-refractivity contribution in [3.63, 3.8) is 0 Å². The molecule has 2 heterocycles. The minimum absolute atomic E-state index is 0.0691. The van der Waals surface area contributed by atoms with Crippen LogP contribution in [0, 0.1) is 19.8 Å². The molecular formula is C17H23N3O4S. The molecule has 2 aromatic rings. The number of carbonyl (C=O) groups excluding carboxylic acids is 1. The molecule has 7 nitrogen and oxygen atoms in total. The van der Waals surface area contributed by atoms with Crippen molar-refractivity contribution in [1.29, 1.82) is 0 Å². The van der Waals surface area contributed by atoms with Crippen molar-refractivity contribution in [2.45, 2.75) is 53.0 Å². The summed E-state index contributed by atoms with van der Waals surface area (Å²) in [6.45, 7) is 7.63. The van der Waals surface area contributed by atoms with Crippen LogP contribution >= 0.6 is 11.3 Å². The number of H-pyrrole nitrogens is 1. The van der Waals surface area contributed by atoms with Crippen LogP contribution in [0.15, 0.2) is 4.79 Å². The Hall–Kier alpha value is -2.22. The van der Waals surface area contributed by atoms with E-state index < -0.39 is 12.0 Å². The SMILES string of the molecule is Cc1sc2nc(CCC(=O)N[C@H](CC(C)C)C(=O)O)[nH]c(=O)c2c1C. The third-order valence-electron chi connectivity index (χ3n) is 4.02. The summed E-state index contributed by atoms with van der Waals surface area (Å²) >= 11 is 1.45. The summed E-state index contributed by atoms with van der Waals surface area (Å²) in [5, 5.41) is 12.3. The number of carboxylic acids is 1. The topological polar surface area (TPSA) is 112 Å². The molecule has 0 aromatic carbocycles. The lowest BCUT2D eigenvalue weighted by molar-refractivity contribution is -0.142. The number of aliphatic carboxylic acids is 1. The van der Waals surface area contributed by atoms with Crippen LogP contribution in [-0.2, 0) is 16.0 Å². The molecule has 3 N–H and O–H groups in total. The fourth-order valence-corrected chi connectivity index (χ4v) is 3.66. The van der Waals surface area contributed by atoms with Gasteiger partial charge in [-0.15, -0.1) is 11.3 Å². The molecular weight excluding hydrogens is 342 g/mol. The van der Waals surface area contributed by atoms with Crippen LogP contribution in [0.1, 0.15) is 43.0 Å². The van der Waals surface area contributed by atoms with Crippen molar-refractivity contribution in [3.8, 4) is 0 Å². The van der Waals surface area contributed by atoms with E-state index in [1.165, 1.54) is 11.3 Å². The van der Waals surface area contributed by atoms with Gasteiger partial charge in [-0.3, -0.25) is 9.59 Å². The number of nitrogens with one attached hydrogen (secondary N) is 2. The summed E-state index contributed by atoms with van der Waals surface area (Å²) in [6, 6.07) is -0.899. The number of amides is 1. The Morgan fingerprint density at radius 3 is 2.60 bits per heavy atom. The number of aryl methyl sites for hydroxylation is 3. The number of thiophene rings is 1. The van der Waals surface area contributed by atoms with Gasteiger partial charge in [0.25, 0.3) is 5.56 Å². The quantitative estimate of drug-likeness (QED) is 0.696. The van der Waals surface area contributed by atoms with E-state index in [0.717, 1.165) is 10.4 Å². The van der Waals surface area contributed by atoms with Crippen LogP contribution in [0.3, 0.4) is 0 Å². The second-order valence-corrected chi connectivity index (χ2v) is 7.77. The van der Waals surface area contributed by atoms with Gasteiger partial charge in [-0.1, -0.05) is 13.8 Å². The summed E-state index contributed by atoms with van der Waals surface area (Å²) in [5.74, 6) is -0.814. The van der Waals surface area contributed by atoms with Crippen molar-refractivity contribution in [3.05, 3.63) is 26.6 Å². The highest BCUT2D eigenvalue weighted by molar-refractivity contribution is 7.18. The van der Waals surface area contributed by atoms with E-state index in [0.29, 0.717) is 22.5 Å². The monoisotopic (exact) mass is 365 g/mol. The van der Waals surface area contributed by atoms with E-state index in [1.54, 1.807) is 0 Å². The maximum Gasteiger partial charge on any atom is 0.326 e. The summed E-state index contributed by atoms with van der Waals surface area (Å²) in [5.41, 5.74) is 0.724. The molecule has 0 aliphatic heterocycles. The number of nitrogens with zero attached hydrogens (tertiary/aromatic N) is 1. The van der Waals surface area contributed by atoms with Crippen LogP contribution in [0.4, 0.5) is 0 Å². The predicted molar refractivity (Wildman–Crippen MR) is 97.1 cm³/mol. The number of hydrogen-bond acceptors (Lipinski definition) is 5. The van der Waals surface area contributed by atoms with Crippen molar-refractivity contribution >= 4 is 33.4 Å². The predicted octanol–water partition coefficient (Wildman–Crippen LogP) is 2.15. The van der Waals surface area contributed by atoms with E-state index in [4.69, 9.17) is 5.11 Å². The largest absolute Gasteiger partial charge is 0.480 e. The van der Waals surface area contributed by atoms with Gasteiger partial charge in [0.1, 0.15) is 16.7 Å². The van der Waals surface area contributed by atoms with Crippen LogP contribution < -0.4 is 10.9 Å². The molecule has 0 radical (unpaired) electrons. The molecule has 136 valence electrons.